The molecule has 2 heterocycles. The fourth-order valence-corrected chi connectivity index (χ4v) is 4.40. The number of nitrogens with zero attached hydrogens (tertiary/aromatic N) is 3. The minimum absolute atomic E-state index is 0.112. The lowest BCUT2D eigenvalue weighted by atomic mass is 10.1. The molecule has 154 valence electrons. The van der Waals surface area contributed by atoms with Crippen molar-refractivity contribution in [2.45, 2.75) is 18.9 Å². The summed E-state index contributed by atoms with van der Waals surface area (Å²) >= 11 is 6.95. The summed E-state index contributed by atoms with van der Waals surface area (Å²) in [4.78, 5) is 26.6. The van der Waals surface area contributed by atoms with Gasteiger partial charge in [-0.25, -0.2) is 8.78 Å². The Morgan fingerprint density at radius 1 is 1.13 bits per heavy atom. The molecule has 1 N–H and O–H groups in total. The van der Waals surface area contributed by atoms with Crippen LogP contribution in [0.15, 0.2) is 42.5 Å². The van der Waals surface area contributed by atoms with E-state index in [-0.39, 0.29) is 5.01 Å². The molecular weight excluding hydrogens is 434 g/mol. The lowest BCUT2D eigenvalue weighted by Crippen LogP contribution is -2.32. The second-order valence-electron chi connectivity index (χ2n) is 6.66. The van der Waals surface area contributed by atoms with E-state index in [1.54, 1.807) is 24.3 Å². The number of rotatable bonds is 4. The number of amides is 2. The number of hydrogen-bond donors (Lipinski definition) is 1. The van der Waals surface area contributed by atoms with Gasteiger partial charge in [0.05, 0.1) is 6.04 Å². The number of hydrogen-bond acceptors (Lipinski definition) is 5. The minimum atomic E-state index is -0.912. The average Bonchev–Trinajstić information content (AvgIpc) is 3.37. The van der Waals surface area contributed by atoms with E-state index in [4.69, 9.17) is 11.6 Å². The molecule has 0 radical (unpaired) electrons. The Bertz CT molecular complexity index is 1100. The van der Waals surface area contributed by atoms with Crippen LogP contribution in [0.25, 0.3) is 0 Å². The summed E-state index contributed by atoms with van der Waals surface area (Å²) in [7, 11) is 0. The van der Waals surface area contributed by atoms with Crippen molar-refractivity contribution in [2.24, 2.45) is 0 Å². The number of aromatic nitrogens is 2. The molecule has 3 aromatic rings. The van der Waals surface area contributed by atoms with Gasteiger partial charge in [-0.2, -0.15) is 0 Å². The van der Waals surface area contributed by atoms with Gasteiger partial charge in [0.15, 0.2) is 0 Å². The first-order chi connectivity index (χ1) is 14.4. The van der Waals surface area contributed by atoms with E-state index < -0.39 is 35.1 Å². The third kappa shape index (κ3) is 4.03. The molecule has 0 aliphatic carbocycles. The standard InChI is InChI=1S/C20H15ClF2N4O2S/c21-11-4-1-5-12(10-11)24-17(28)19-26-25-18(30-19)15-8-3-9-27(15)20(29)16-13(22)6-2-7-14(16)23/h1-2,4-7,10,15H,3,8-9H2,(H,24,28)/t15-/m1/s1. The molecule has 2 amide bonds. The number of halogens is 3. The monoisotopic (exact) mass is 448 g/mol. The van der Waals surface area contributed by atoms with Gasteiger partial charge in [0.1, 0.15) is 22.2 Å². The van der Waals surface area contributed by atoms with Crippen LogP contribution in [0.1, 0.15) is 44.1 Å². The first kappa shape index (κ1) is 20.4. The van der Waals surface area contributed by atoms with Gasteiger partial charge in [0.2, 0.25) is 5.01 Å². The Morgan fingerprint density at radius 2 is 1.87 bits per heavy atom. The minimum Gasteiger partial charge on any atom is -0.329 e. The van der Waals surface area contributed by atoms with E-state index in [1.807, 2.05) is 0 Å². The van der Waals surface area contributed by atoms with Crippen LogP contribution >= 0.6 is 22.9 Å². The molecule has 1 aliphatic heterocycles. The molecule has 10 heteroatoms. The second-order valence-corrected chi connectivity index (χ2v) is 8.11. The molecule has 1 atom stereocenters. The molecule has 2 aromatic carbocycles. The molecule has 1 fully saturated rings. The van der Waals surface area contributed by atoms with Crippen LogP contribution in [-0.2, 0) is 0 Å². The Morgan fingerprint density at radius 3 is 2.60 bits per heavy atom. The third-order valence-corrected chi connectivity index (χ3v) is 5.95. The zero-order chi connectivity index (χ0) is 21.3. The normalized spacial score (nSPS) is 16.0. The zero-order valence-electron chi connectivity index (χ0n) is 15.4. The highest BCUT2D eigenvalue weighted by molar-refractivity contribution is 7.13. The van der Waals surface area contributed by atoms with Gasteiger partial charge in [-0.1, -0.05) is 35.1 Å². The van der Waals surface area contributed by atoms with Crippen molar-refractivity contribution in [3.63, 3.8) is 0 Å². The first-order valence-electron chi connectivity index (χ1n) is 9.09. The van der Waals surface area contributed by atoms with Gasteiger partial charge < -0.3 is 10.2 Å². The average molecular weight is 449 g/mol. The number of anilines is 1. The lowest BCUT2D eigenvalue weighted by Gasteiger charge is -2.23. The van der Waals surface area contributed by atoms with Crippen molar-refractivity contribution in [2.75, 3.05) is 11.9 Å². The molecule has 6 nitrogen and oxygen atoms in total. The maximum atomic E-state index is 14.1. The van der Waals surface area contributed by atoms with Gasteiger partial charge in [-0.15, -0.1) is 10.2 Å². The topological polar surface area (TPSA) is 75.2 Å². The number of nitrogens with one attached hydrogen (secondary N) is 1. The molecule has 0 bridgehead atoms. The van der Waals surface area contributed by atoms with Crippen molar-refractivity contribution in [3.8, 4) is 0 Å². The van der Waals surface area contributed by atoms with Crippen molar-refractivity contribution in [3.05, 3.63) is 74.7 Å². The molecule has 30 heavy (non-hydrogen) atoms. The van der Waals surface area contributed by atoms with E-state index in [1.165, 1.54) is 11.0 Å². The van der Waals surface area contributed by atoms with E-state index >= 15 is 0 Å². The summed E-state index contributed by atoms with van der Waals surface area (Å²) in [5, 5.41) is 11.7. The summed E-state index contributed by atoms with van der Waals surface area (Å²) in [6.07, 6.45) is 1.21. The largest absolute Gasteiger partial charge is 0.329 e. The molecular formula is C20H15ClF2N4O2S. The van der Waals surface area contributed by atoms with Crippen LogP contribution in [-0.4, -0.2) is 33.5 Å². The van der Waals surface area contributed by atoms with Crippen molar-refractivity contribution in [1.82, 2.24) is 15.1 Å². The van der Waals surface area contributed by atoms with Crippen LogP contribution < -0.4 is 5.32 Å². The SMILES string of the molecule is O=C(Nc1cccc(Cl)c1)c1nnc([C@H]2CCCN2C(=O)c2c(F)cccc2F)s1. The van der Waals surface area contributed by atoms with E-state index in [9.17, 15) is 18.4 Å². The van der Waals surface area contributed by atoms with Gasteiger partial charge in [-0.05, 0) is 43.2 Å². The molecule has 1 aliphatic rings. The first-order valence-corrected chi connectivity index (χ1v) is 10.3. The smallest absolute Gasteiger partial charge is 0.286 e. The highest BCUT2D eigenvalue weighted by atomic mass is 35.5. The quantitative estimate of drug-likeness (QED) is 0.627. The highest BCUT2D eigenvalue weighted by Gasteiger charge is 2.35. The Kier molecular flexibility index (Phi) is 5.74. The lowest BCUT2D eigenvalue weighted by molar-refractivity contribution is 0.0725. The fourth-order valence-electron chi connectivity index (χ4n) is 3.32. The number of carbonyl (C=O) groups is 2. The number of benzene rings is 2. The number of carbonyl (C=O) groups excluding carboxylic acids is 2. The molecule has 1 saturated heterocycles. The van der Waals surface area contributed by atoms with Gasteiger partial charge in [0, 0.05) is 17.3 Å². The Labute approximate surface area is 179 Å². The molecule has 4 rings (SSSR count). The van der Waals surface area contributed by atoms with Crippen LogP contribution in [0.4, 0.5) is 14.5 Å². The summed E-state index contributed by atoms with van der Waals surface area (Å²) in [6.45, 7) is 0.334. The molecule has 0 saturated carbocycles. The second kappa shape index (κ2) is 8.45. The Balaban J connectivity index is 1.53. The predicted molar refractivity (Wildman–Crippen MR) is 109 cm³/mol. The van der Waals surface area contributed by atoms with Crippen LogP contribution in [0, 0.1) is 11.6 Å². The van der Waals surface area contributed by atoms with Crippen molar-refractivity contribution in [1.29, 1.82) is 0 Å². The van der Waals surface area contributed by atoms with Gasteiger partial charge in [0.25, 0.3) is 11.8 Å². The van der Waals surface area contributed by atoms with Crippen molar-refractivity contribution >= 4 is 40.4 Å². The molecule has 0 spiro atoms. The van der Waals surface area contributed by atoms with Gasteiger partial charge in [-0.3, -0.25) is 9.59 Å². The van der Waals surface area contributed by atoms with Crippen LogP contribution in [0.2, 0.25) is 5.02 Å². The van der Waals surface area contributed by atoms with Crippen molar-refractivity contribution < 1.29 is 18.4 Å². The third-order valence-electron chi connectivity index (χ3n) is 4.69. The summed E-state index contributed by atoms with van der Waals surface area (Å²) in [6, 6.07) is 9.47. The Hall–Kier alpha value is -2.91. The predicted octanol–water partition coefficient (Wildman–Crippen LogP) is 4.70. The highest BCUT2D eigenvalue weighted by Crippen LogP contribution is 2.35. The fraction of sp³-hybridized carbons (Fsp3) is 0.200. The summed E-state index contributed by atoms with van der Waals surface area (Å²) in [5.74, 6) is -3.03. The van der Waals surface area contributed by atoms with Crippen LogP contribution in [0.3, 0.4) is 0 Å². The van der Waals surface area contributed by atoms with E-state index in [0.29, 0.717) is 35.1 Å². The van der Waals surface area contributed by atoms with E-state index in [2.05, 4.69) is 15.5 Å². The maximum Gasteiger partial charge on any atom is 0.286 e. The summed E-state index contributed by atoms with van der Waals surface area (Å²) < 4.78 is 28.1. The molecule has 0 unspecified atom stereocenters. The zero-order valence-corrected chi connectivity index (χ0v) is 17.0. The van der Waals surface area contributed by atoms with E-state index in [0.717, 1.165) is 23.5 Å². The molecule has 1 aromatic heterocycles. The summed E-state index contributed by atoms with van der Waals surface area (Å²) in [5.41, 5.74) is -0.0789. The number of likely N-dealkylation sites (tertiary alicyclic amines) is 1. The maximum absolute atomic E-state index is 14.1. The van der Waals surface area contributed by atoms with Crippen LogP contribution in [0.5, 0.6) is 0 Å². The van der Waals surface area contributed by atoms with Gasteiger partial charge >= 0.3 is 0 Å².